The van der Waals surface area contributed by atoms with Crippen LogP contribution >= 0.6 is 7.82 Å². The lowest BCUT2D eigenvalue weighted by Crippen LogP contribution is -2.29. The van der Waals surface area contributed by atoms with Gasteiger partial charge in [-0.05, 0) is 51.4 Å². The molecule has 0 bridgehead atoms. The number of esters is 1. The summed E-state index contributed by atoms with van der Waals surface area (Å²) in [5.74, 6) is -0.395. The van der Waals surface area contributed by atoms with E-state index in [0.29, 0.717) is 13.0 Å². The zero-order valence-electron chi connectivity index (χ0n) is 35.1. The van der Waals surface area contributed by atoms with E-state index in [1.807, 2.05) is 0 Å². The number of phosphoric ester groups is 1. The molecule has 0 radical (unpaired) electrons. The Bertz CT molecular complexity index is 997. The van der Waals surface area contributed by atoms with Crippen LogP contribution in [0.15, 0.2) is 48.6 Å². The van der Waals surface area contributed by atoms with Crippen LogP contribution in [0, 0.1) is 0 Å². The van der Waals surface area contributed by atoms with Crippen LogP contribution in [-0.2, 0) is 27.9 Å². The van der Waals surface area contributed by atoms with E-state index in [2.05, 4.69) is 62.5 Å². The van der Waals surface area contributed by atoms with Gasteiger partial charge in [0, 0.05) is 13.0 Å². The average Bonchev–Trinajstić information content (AvgIpc) is 3.18. The second-order valence-corrected chi connectivity index (χ2v) is 16.1. The maximum atomic E-state index is 12.6. The summed E-state index contributed by atoms with van der Waals surface area (Å²) in [4.78, 5) is 22.6. The van der Waals surface area contributed by atoms with Crippen LogP contribution in [0.5, 0.6) is 0 Å². The van der Waals surface area contributed by atoms with E-state index >= 15 is 0 Å². The van der Waals surface area contributed by atoms with Gasteiger partial charge in [-0.25, -0.2) is 4.57 Å². The van der Waals surface area contributed by atoms with Crippen molar-refractivity contribution in [2.75, 3.05) is 33.0 Å². The Labute approximate surface area is 337 Å². The van der Waals surface area contributed by atoms with Crippen molar-refractivity contribution in [1.29, 1.82) is 0 Å². The van der Waals surface area contributed by atoms with E-state index in [0.717, 1.165) is 77.0 Å². The first-order valence-corrected chi connectivity index (χ1v) is 23.6. The predicted molar refractivity (Wildman–Crippen MR) is 228 cm³/mol. The van der Waals surface area contributed by atoms with Crippen molar-refractivity contribution < 1.29 is 43.0 Å². The van der Waals surface area contributed by atoms with Crippen molar-refractivity contribution in [3.63, 3.8) is 0 Å². The molecule has 0 spiro atoms. The molecule has 0 aliphatic carbocycles. The van der Waals surface area contributed by atoms with Gasteiger partial charge in [-0.1, -0.05) is 178 Å². The molecule has 0 aliphatic rings. The van der Waals surface area contributed by atoms with Gasteiger partial charge in [0.2, 0.25) is 0 Å². The minimum Gasteiger partial charge on any atom is -0.457 e. The van der Waals surface area contributed by atoms with Gasteiger partial charge in [0.15, 0.2) is 0 Å². The number of phosphoric acid groups is 1. The van der Waals surface area contributed by atoms with Crippen LogP contribution in [0.2, 0.25) is 0 Å². The smallest absolute Gasteiger partial charge is 0.457 e. The highest BCUT2D eigenvalue weighted by atomic mass is 31.2. The highest BCUT2D eigenvalue weighted by Gasteiger charge is 2.26. The summed E-state index contributed by atoms with van der Waals surface area (Å²) in [7, 11) is -4.52. The SMILES string of the molecule is CC/C=C\C/C=C\C/C=C\C/C=C\CCCCCCCCC(=O)OC(COCCCCCCCCCCCCCCCCC)COP(=O)(O)OCC(O)CO. The summed E-state index contributed by atoms with van der Waals surface area (Å²) in [5.41, 5.74) is 0. The summed E-state index contributed by atoms with van der Waals surface area (Å²) in [6.07, 6.45) is 46.3. The number of aliphatic hydroxyl groups is 2. The van der Waals surface area contributed by atoms with Crippen molar-refractivity contribution in [1.82, 2.24) is 0 Å². The van der Waals surface area contributed by atoms with Crippen LogP contribution in [0.4, 0.5) is 0 Å². The number of hydrogen-bond acceptors (Lipinski definition) is 8. The van der Waals surface area contributed by atoms with E-state index in [-0.39, 0.29) is 19.6 Å². The quantitative estimate of drug-likeness (QED) is 0.0239. The Kier molecular flexibility index (Phi) is 40.8. The minimum atomic E-state index is -4.52. The Balaban J connectivity index is 4.18. The number of aliphatic hydroxyl groups excluding tert-OH is 2. The third kappa shape index (κ3) is 41.9. The highest BCUT2D eigenvalue weighted by molar-refractivity contribution is 7.47. The van der Waals surface area contributed by atoms with Gasteiger partial charge in [0.25, 0.3) is 0 Å². The number of allylic oxidation sites excluding steroid dienone is 8. The third-order valence-corrected chi connectivity index (χ3v) is 10.2. The topological polar surface area (TPSA) is 132 Å². The van der Waals surface area contributed by atoms with Crippen molar-refractivity contribution in [3.05, 3.63) is 48.6 Å². The van der Waals surface area contributed by atoms with Crippen LogP contribution in [0.1, 0.15) is 187 Å². The first-order chi connectivity index (χ1) is 26.8. The molecule has 3 N–H and O–H groups in total. The molecule has 3 unspecified atom stereocenters. The average molecular weight is 799 g/mol. The van der Waals surface area contributed by atoms with E-state index in [9.17, 15) is 19.4 Å². The number of hydrogen-bond donors (Lipinski definition) is 3. The van der Waals surface area contributed by atoms with Gasteiger partial charge in [0.1, 0.15) is 12.2 Å². The molecule has 322 valence electrons. The molecule has 0 aliphatic heterocycles. The standard InChI is InChI=1S/C45H83O9P/c1-3-5-7-9-11-13-15-17-19-20-21-22-23-25-27-29-31-33-35-37-45(48)54-44(42-53-55(49,50)52-40-43(47)39-46)41-51-38-36-34-32-30-28-26-24-18-16-14-12-10-8-6-4-2/h5,7,11,13,17,19,21-22,43-44,46-47H,3-4,6,8-10,12,14-16,18,20,23-42H2,1-2H3,(H,49,50)/b7-5-,13-11-,19-17-,22-21-. The molecular formula is C45H83O9P. The zero-order valence-corrected chi connectivity index (χ0v) is 36.0. The molecule has 0 saturated carbocycles. The Morgan fingerprint density at radius 2 is 1.04 bits per heavy atom. The van der Waals surface area contributed by atoms with Crippen molar-refractivity contribution >= 4 is 13.8 Å². The fourth-order valence-electron chi connectivity index (χ4n) is 5.93. The fraction of sp³-hybridized carbons (Fsp3) is 0.800. The molecule has 9 nitrogen and oxygen atoms in total. The second-order valence-electron chi connectivity index (χ2n) is 14.7. The van der Waals surface area contributed by atoms with Crippen molar-refractivity contribution in [2.24, 2.45) is 0 Å². The number of ether oxygens (including phenoxy) is 2. The third-order valence-electron chi connectivity index (χ3n) is 9.28. The molecule has 0 rings (SSSR count). The summed E-state index contributed by atoms with van der Waals surface area (Å²) in [6.45, 7) is 3.40. The lowest BCUT2D eigenvalue weighted by atomic mass is 10.0. The maximum absolute atomic E-state index is 12.6. The van der Waals surface area contributed by atoms with Gasteiger partial charge in [-0.2, -0.15) is 0 Å². The molecule has 0 fully saturated rings. The summed E-state index contributed by atoms with van der Waals surface area (Å²) >= 11 is 0. The number of unbranched alkanes of at least 4 members (excludes halogenated alkanes) is 20. The van der Waals surface area contributed by atoms with E-state index in [4.69, 9.17) is 23.6 Å². The lowest BCUT2D eigenvalue weighted by molar-refractivity contribution is -0.154. The molecule has 0 amide bonds. The van der Waals surface area contributed by atoms with Gasteiger partial charge in [-0.3, -0.25) is 13.8 Å². The van der Waals surface area contributed by atoms with Crippen molar-refractivity contribution in [2.45, 2.75) is 199 Å². The van der Waals surface area contributed by atoms with E-state index in [1.165, 1.54) is 83.5 Å². The van der Waals surface area contributed by atoms with Gasteiger partial charge < -0.3 is 24.6 Å². The van der Waals surface area contributed by atoms with Crippen LogP contribution < -0.4 is 0 Å². The van der Waals surface area contributed by atoms with Crippen molar-refractivity contribution in [3.8, 4) is 0 Å². The van der Waals surface area contributed by atoms with Crippen LogP contribution in [-0.4, -0.2) is 66.3 Å². The first-order valence-electron chi connectivity index (χ1n) is 22.1. The molecule has 3 atom stereocenters. The maximum Gasteiger partial charge on any atom is 0.472 e. The van der Waals surface area contributed by atoms with Gasteiger partial charge in [0.05, 0.1) is 26.4 Å². The Morgan fingerprint density at radius 3 is 1.56 bits per heavy atom. The second kappa shape index (κ2) is 42.0. The molecular weight excluding hydrogens is 715 g/mol. The lowest BCUT2D eigenvalue weighted by Gasteiger charge is -2.20. The summed E-state index contributed by atoms with van der Waals surface area (Å²) < 4.78 is 33.4. The molecule has 0 heterocycles. The molecule has 55 heavy (non-hydrogen) atoms. The monoisotopic (exact) mass is 799 g/mol. The normalized spacial score (nSPS) is 14.5. The number of rotatable bonds is 42. The minimum absolute atomic E-state index is 0.0445. The van der Waals surface area contributed by atoms with Gasteiger partial charge in [-0.15, -0.1) is 0 Å². The Hall–Kier alpha value is -1.58. The Morgan fingerprint density at radius 1 is 0.582 bits per heavy atom. The molecule has 0 aromatic carbocycles. The van der Waals surface area contributed by atoms with Crippen LogP contribution in [0.3, 0.4) is 0 Å². The fourth-order valence-corrected chi connectivity index (χ4v) is 6.72. The van der Waals surface area contributed by atoms with Gasteiger partial charge >= 0.3 is 13.8 Å². The molecule has 0 aromatic heterocycles. The molecule has 0 aromatic rings. The number of carbonyl (C=O) groups is 1. The predicted octanol–water partition coefficient (Wildman–Crippen LogP) is 12.2. The zero-order chi connectivity index (χ0) is 40.3. The van der Waals surface area contributed by atoms with E-state index in [1.54, 1.807) is 0 Å². The highest BCUT2D eigenvalue weighted by Crippen LogP contribution is 2.43. The first kappa shape index (κ1) is 53.4. The summed E-state index contributed by atoms with van der Waals surface area (Å²) in [5, 5.41) is 18.4. The largest absolute Gasteiger partial charge is 0.472 e. The summed E-state index contributed by atoms with van der Waals surface area (Å²) in [6, 6.07) is 0. The van der Waals surface area contributed by atoms with E-state index < -0.39 is 39.2 Å². The van der Waals surface area contributed by atoms with Crippen LogP contribution in [0.25, 0.3) is 0 Å². The molecule has 0 saturated heterocycles. The number of carbonyl (C=O) groups excluding carboxylic acids is 1. The molecule has 10 heteroatoms.